The Balaban J connectivity index is 1.37. The van der Waals surface area contributed by atoms with Crippen LogP contribution in [0.5, 0.6) is 11.5 Å². The molecule has 1 aromatic heterocycles. The van der Waals surface area contributed by atoms with E-state index < -0.39 is 0 Å². The van der Waals surface area contributed by atoms with Crippen molar-refractivity contribution in [2.75, 3.05) is 13.2 Å². The summed E-state index contributed by atoms with van der Waals surface area (Å²) in [6.45, 7) is 3.69. The van der Waals surface area contributed by atoms with Crippen molar-refractivity contribution in [3.8, 4) is 11.5 Å². The molecular formula is C20H21N3O3. The molecule has 26 heavy (non-hydrogen) atoms. The van der Waals surface area contributed by atoms with E-state index in [1.165, 1.54) is 0 Å². The predicted octanol–water partition coefficient (Wildman–Crippen LogP) is 3.08. The number of nitrogens with one attached hydrogen (secondary N) is 1. The lowest BCUT2D eigenvalue weighted by Crippen LogP contribution is -2.27. The molecule has 0 saturated carbocycles. The summed E-state index contributed by atoms with van der Waals surface area (Å²) in [5.74, 6) is 1.50. The molecule has 6 nitrogen and oxygen atoms in total. The van der Waals surface area contributed by atoms with Crippen LogP contribution < -0.4 is 14.8 Å². The highest BCUT2D eigenvalue weighted by Gasteiger charge is 2.16. The minimum atomic E-state index is -0.0992. The van der Waals surface area contributed by atoms with Gasteiger partial charge in [-0.05, 0) is 36.8 Å². The highest BCUT2D eigenvalue weighted by atomic mass is 16.6. The van der Waals surface area contributed by atoms with Gasteiger partial charge in [-0.15, -0.1) is 0 Å². The highest BCUT2D eigenvalue weighted by Crippen LogP contribution is 2.32. The van der Waals surface area contributed by atoms with Crippen LogP contribution >= 0.6 is 0 Å². The van der Waals surface area contributed by atoms with Gasteiger partial charge in [0.15, 0.2) is 11.5 Å². The molecule has 0 aliphatic carbocycles. The van der Waals surface area contributed by atoms with Crippen LogP contribution in [0.15, 0.2) is 48.8 Å². The Hall–Kier alpha value is -3.02. The van der Waals surface area contributed by atoms with Crippen LogP contribution in [0.2, 0.25) is 0 Å². The number of nitrogens with zero attached hydrogens (tertiary/aromatic N) is 2. The van der Waals surface area contributed by atoms with Crippen LogP contribution in [0.4, 0.5) is 0 Å². The van der Waals surface area contributed by atoms with Gasteiger partial charge >= 0.3 is 0 Å². The molecule has 0 radical (unpaired) electrons. The van der Waals surface area contributed by atoms with Crippen molar-refractivity contribution in [1.82, 2.24) is 14.9 Å². The van der Waals surface area contributed by atoms with Crippen molar-refractivity contribution in [1.29, 1.82) is 0 Å². The van der Waals surface area contributed by atoms with E-state index in [9.17, 15) is 4.79 Å². The number of carbonyl (C=O) groups excluding carboxylic acids is 1. The first kappa shape index (κ1) is 16.4. The van der Waals surface area contributed by atoms with Crippen LogP contribution in [-0.2, 0) is 11.3 Å². The number of imidazole rings is 1. The number of carbonyl (C=O) groups is 1. The topological polar surface area (TPSA) is 65.4 Å². The maximum Gasteiger partial charge on any atom is 0.222 e. The fraction of sp³-hybridized carbons (Fsp3) is 0.300. The van der Waals surface area contributed by atoms with Gasteiger partial charge in [0.05, 0.1) is 23.4 Å². The number of aromatic nitrogens is 2. The third kappa shape index (κ3) is 3.35. The molecule has 1 atom stereocenters. The lowest BCUT2D eigenvalue weighted by atomic mass is 10.1. The molecular weight excluding hydrogens is 330 g/mol. The van der Waals surface area contributed by atoms with Crippen molar-refractivity contribution in [2.45, 2.75) is 25.9 Å². The number of benzene rings is 2. The summed E-state index contributed by atoms with van der Waals surface area (Å²) in [6.07, 6.45) is 2.18. The standard InChI is InChI=1S/C20H21N3O3/c1-14(15-6-7-18-19(12-15)26-11-10-25-18)22-20(24)8-9-23-13-21-16-4-2-3-5-17(16)23/h2-7,12-14H,8-11H2,1H3,(H,22,24). The maximum absolute atomic E-state index is 12.3. The van der Waals surface area contributed by atoms with E-state index in [1.54, 1.807) is 6.33 Å². The largest absolute Gasteiger partial charge is 0.486 e. The highest BCUT2D eigenvalue weighted by molar-refractivity contribution is 5.77. The van der Waals surface area contributed by atoms with Crippen LogP contribution in [0.1, 0.15) is 24.9 Å². The molecule has 0 fully saturated rings. The summed E-state index contributed by atoms with van der Waals surface area (Å²) in [7, 11) is 0. The smallest absolute Gasteiger partial charge is 0.222 e. The number of hydrogen-bond donors (Lipinski definition) is 1. The summed E-state index contributed by atoms with van der Waals surface area (Å²) in [6, 6.07) is 13.6. The Morgan fingerprint density at radius 2 is 2.00 bits per heavy atom. The summed E-state index contributed by atoms with van der Waals surface area (Å²) < 4.78 is 13.1. The number of para-hydroxylation sites is 2. The van der Waals surface area contributed by atoms with Crippen molar-refractivity contribution in [2.24, 2.45) is 0 Å². The van der Waals surface area contributed by atoms with Gasteiger partial charge in [-0.1, -0.05) is 18.2 Å². The second-order valence-electron chi connectivity index (χ2n) is 6.37. The molecule has 2 aromatic carbocycles. The molecule has 1 N–H and O–H groups in total. The van der Waals surface area contributed by atoms with Gasteiger partial charge in [0.25, 0.3) is 0 Å². The predicted molar refractivity (Wildman–Crippen MR) is 98.3 cm³/mol. The maximum atomic E-state index is 12.3. The summed E-state index contributed by atoms with van der Waals surface area (Å²) in [4.78, 5) is 16.7. The molecule has 1 unspecified atom stereocenters. The fourth-order valence-electron chi connectivity index (χ4n) is 3.14. The van der Waals surface area contributed by atoms with Gasteiger partial charge in [-0.3, -0.25) is 4.79 Å². The van der Waals surface area contributed by atoms with Crippen LogP contribution in [0.25, 0.3) is 11.0 Å². The number of fused-ring (bicyclic) bond motifs is 2. The average molecular weight is 351 g/mol. The molecule has 0 saturated heterocycles. The van der Waals surface area contributed by atoms with Crippen molar-refractivity contribution in [3.63, 3.8) is 0 Å². The van der Waals surface area contributed by atoms with Gasteiger partial charge in [0.2, 0.25) is 5.91 Å². The molecule has 134 valence electrons. The number of rotatable bonds is 5. The Morgan fingerprint density at radius 1 is 1.19 bits per heavy atom. The number of hydrogen-bond acceptors (Lipinski definition) is 4. The Kier molecular flexibility index (Phi) is 4.48. The SMILES string of the molecule is CC(NC(=O)CCn1cnc2ccccc21)c1ccc2c(c1)OCCO2. The van der Waals surface area contributed by atoms with Crippen molar-refractivity contribution in [3.05, 3.63) is 54.4 Å². The van der Waals surface area contributed by atoms with Gasteiger partial charge in [0.1, 0.15) is 13.2 Å². The van der Waals surface area contributed by atoms with Gasteiger partial charge in [-0.25, -0.2) is 4.98 Å². The molecule has 0 bridgehead atoms. The minimum absolute atomic E-state index is 0.00479. The Bertz CT molecular complexity index is 935. The molecule has 1 amide bonds. The summed E-state index contributed by atoms with van der Waals surface area (Å²) >= 11 is 0. The molecule has 3 aromatic rings. The lowest BCUT2D eigenvalue weighted by Gasteiger charge is -2.21. The quantitative estimate of drug-likeness (QED) is 0.767. The van der Waals surface area contributed by atoms with E-state index in [1.807, 2.05) is 54.0 Å². The van der Waals surface area contributed by atoms with Crippen molar-refractivity contribution < 1.29 is 14.3 Å². The molecule has 0 spiro atoms. The second kappa shape index (κ2) is 7.07. The molecule has 4 rings (SSSR count). The minimum Gasteiger partial charge on any atom is -0.486 e. The van der Waals surface area contributed by atoms with Gasteiger partial charge in [0, 0.05) is 13.0 Å². The number of ether oxygens (including phenoxy) is 2. The molecule has 6 heteroatoms. The van der Waals surface area contributed by atoms with Crippen LogP contribution in [-0.4, -0.2) is 28.7 Å². The lowest BCUT2D eigenvalue weighted by molar-refractivity contribution is -0.121. The molecule has 2 heterocycles. The number of amides is 1. The fourth-order valence-corrected chi connectivity index (χ4v) is 3.14. The number of aryl methyl sites for hydroxylation is 1. The normalized spacial score (nSPS) is 14.2. The van der Waals surface area contributed by atoms with Crippen molar-refractivity contribution >= 4 is 16.9 Å². The Labute approximate surface area is 151 Å². The van der Waals surface area contributed by atoms with E-state index in [2.05, 4.69) is 10.3 Å². The first-order valence-electron chi connectivity index (χ1n) is 8.79. The van der Waals surface area contributed by atoms with E-state index in [4.69, 9.17) is 9.47 Å². The molecule has 1 aliphatic heterocycles. The van der Waals surface area contributed by atoms with Crippen LogP contribution in [0, 0.1) is 0 Å². The van der Waals surface area contributed by atoms with Crippen LogP contribution in [0.3, 0.4) is 0 Å². The summed E-state index contributed by atoms with van der Waals surface area (Å²) in [5, 5.41) is 3.04. The summed E-state index contributed by atoms with van der Waals surface area (Å²) in [5.41, 5.74) is 2.98. The second-order valence-corrected chi connectivity index (χ2v) is 6.37. The van der Waals surface area contributed by atoms with E-state index >= 15 is 0 Å². The first-order valence-corrected chi connectivity index (χ1v) is 8.79. The zero-order valence-electron chi connectivity index (χ0n) is 14.6. The Morgan fingerprint density at radius 3 is 2.88 bits per heavy atom. The zero-order chi connectivity index (χ0) is 17.9. The monoisotopic (exact) mass is 351 g/mol. The average Bonchev–Trinajstić information content (AvgIpc) is 3.09. The third-order valence-electron chi connectivity index (χ3n) is 4.55. The third-order valence-corrected chi connectivity index (χ3v) is 4.55. The molecule has 1 aliphatic rings. The van der Waals surface area contributed by atoms with E-state index in [0.717, 1.165) is 28.1 Å². The first-order chi connectivity index (χ1) is 12.7. The van der Waals surface area contributed by atoms with Gasteiger partial charge in [-0.2, -0.15) is 0 Å². The van der Waals surface area contributed by atoms with Gasteiger partial charge < -0.3 is 19.4 Å². The van der Waals surface area contributed by atoms with E-state index in [-0.39, 0.29) is 11.9 Å². The van der Waals surface area contributed by atoms with E-state index in [0.29, 0.717) is 26.2 Å². The zero-order valence-corrected chi connectivity index (χ0v) is 14.6.